The Hall–Kier alpha value is -2.42. The minimum atomic E-state index is -4.45. The fraction of sp³-hybridized carbons (Fsp3) is 0.353. The first-order chi connectivity index (χ1) is 12.2. The van der Waals surface area contributed by atoms with Crippen LogP contribution in [0.5, 0.6) is 0 Å². The summed E-state index contributed by atoms with van der Waals surface area (Å²) in [4.78, 5) is 27.3. The Morgan fingerprint density at radius 1 is 1.27 bits per heavy atom. The van der Waals surface area contributed by atoms with Gasteiger partial charge in [-0.1, -0.05) is 12.1 Å². The zero-order valence-electron chi connectivity index (χ0n) is 13.4. The first-order valence-corrected chi connectivity index (χ1v) is 8.79. The topological polar surface area (TPSA) is 79.3 Å². The van der Waals surface area contributed by atoms with E-state index in [1.165, 1.54) is 17.5 Å². The van der Waals surface area contributed by atoms with Crippen molar-refractivity contribution in [3.8, 4) is 10.6 Å². The van der Waals surface area contributed by atoms with E-state index < -0.39 is 29.5 Å². The standard InChI is InChI=1S/C17H15F3N2O3S/c18-17(19,20)11-3-1-2-9(6-11)15-22-13(8-26-15)14(23)21-12-5-4-10(7-12)16(24)25/h1-3,6,8,10,12H,4-5,7H2,(H,21,23)(H,24,25)/t10-,12+/m0/s1. The number of aliphatic carboxylic acids is 1. The van der Waals surface area contributed by atoms with Crippen LogP contribution in [0.25, 0.3) is 10.6 Å². The first kappa shape index (κ1) is 18.4. The smallest absolute Gasteiger partial charge is 0.416 e. The number of carboxylic acids is 1. The van der Waals surface area contributed by atoms with Crippen LogP contribution in [-0.4, -0.2) is 28.0 Å². The second kappa shape index (κ2) is 7.06. The van der Waals surface area contributed by atoms with E-state index in [9.17, 15) is 22.8 Å². The summed E-state index contributed by atoms with van der Waals surface area (Å²) in [6.45, 7) is 0. The van der Waals surface area contributed by atoms with Crippen molar-refractivity contribution in [1.29, 1.82) is 0 Å². The highest BCUT2D eigenvalue weighted by Crippen LogP contribution is 2.33. The lowest BCUT2D eigenvalue weighted by Crippen LogP contribution is -2.33. The van der Waals surface area contributed by atoms with Crippen LogP contribution in [-0.2, 0) is 11.0 Å². The van der Waals surface area contributed by atoms with Crippen LogP contribution in [0.2, 0.25) is 0 Å². The van der Waals surface area contributed by atoms with Gasteiger partial charge in [-0.2, -0.15) is 13.2 Å². The summed E-state index contributed by atoms with van der Waals surface area (Å²) in [6, 6.07) is 4.54. The van der Waals surface area contributed by atoms with Crippen LogP contribution in [0, 0.1) is 5.92 Å². The van der Waals surface area contributed by atoms with Gasteiger partial charge >= 0.3 is 12.1 Å². The summed E-state index contributed by atoms with van der Waals surface area (Å²) < 4.78 is 38.4. The highest BCUT2D eigenvalue weighted by Gasteiger charge is 2.32. The van der Waals surface area contributed by atoms with Gasteiger partial charge in [0.05, 0.1) is 11.5 Å². The molecule has 0 unspecified atom stereocenters. The van der Waals surface area contributed by atoms with Gasteiger partial charge in [0.25, 0.3) is 5.91 Å². The first-order valence-electron chi connectivity index (χ1n) is 7.91. The summed E-state index contributed by atoms with van der Waals surface area (Å²) in [5.74, 6) is -1.78. The second-order valence-electron chi connectivity index (χ2n) is 6.14. The lowest BCUT2D eigenvalue weighted by molar-refractivity contribution is -0.141. The van der Waals surface area contributed by atoms with Gasteiger partial charge in [-0.25, -0.2) is 4.98 Å². The third-order valence-electron chi connectivity index (χ3n) is 4.29. The zero-order valence-corrected chi connectivity index (χ0v) is 14.2. The highest BCUT2D eigenvalue weighted by atomic mass is 32.1. The largest absolute Gasteiger partial charge is 0.481 e. The van der Waals surface area contributed by atoms with Crippen LogP contribution in [0.15, 0.2) is 29.6 Å². The maximum atomic E-state index is 12.8. The van der Waals surface area contributed by atoms with Crippen molar-refractivity contribution in [1.82, 2.24) is 10.3 Å². The molecule has 0 saturated heterocycles. The maximum absolute atomic E-state index is 12.8. The van der Waals surface area contributed by atoms with Crippen molar-refractivity contribution < 1.29 is 27.9 Å². The second-order valence-corrected chi connectivity index (χ2v) is 6.99. The van der Waals surface area contributed by atoms with Gasteiger partial charge in [0, 0.05) is 17.0 Å². The molecule has 2 atom stereocenters. The van der Waals surface area contributed by atoms with Crippen LogP contribution >= 0.6 is 11.3 Å². The van der Waals surface area contributed by atoms with Gasteiger partial charge in [0.1, 0.15) is 10.7 Å². The fourth-order valence-electron chi connectivity index (χ4n) is 2.94. The normalized spacial score (nSPS) is 20.1. The van der Waals surface area contributed by atoms with Crippen molar-refractivity contribution in [2.75, 3.05) is 0 Å². The molecule has 1 aromatic heterocycles. The zero-order chi connectivity index (χ0) is 18.9. The molecule has 1 heterocycles. The monoisotopic (exact) mass is 384 g/mol. The van der Waals surface area contributed by atoms with Crippen LogP contribution in [0.4, 0.5) is 13.2 Å². The van der Waals surface area contributed by atoms with Gasteiger partial charge in [-0.05, 0) is 31.4 Å². The summed E-state index contributed by atoms with van der Waals surface area (Å²) in [5, 5.41) is 13.5. The average Bonchev–Trinajstić information content (AvgIpc) is 3.23. The predicted octanol–water partition coefficient (Wildman–Crippen LogP) is 3.81. The Kier molecular flexibility index (Phi) is 4.99. The van der Waals surface area contributed by atoms with Crippen molar-refractivity contribution in [2.24, 2.45) is 5.92 Å². The molecule has 26 heavy (non-hydrogen) atoms. The van der Waals surface area contributed by atoms with Crippen molar-refractivity contribution >= 4 is 23.2 Å². The highest BCUT2D eigenvalue weighted by molar-refractivity contribution is 7.13. The number of carboxylic acid groups (broad SMARTS) is 1. The molecule has 138 valence electrons. The molecule has 0 aliphatic heterocycles. The Morgan fingerprint density at radius 2 is 2.04 bits per heavy atom. The lowest BCUT2D eigenvalue weighted by Gasteiger charge is -2.11. The predicted molar refractivity (Wildman–Crippen MR) is 88.8 cm³/mol. The third-order valence-corrected chi connectivity index (χ3v) is 5.18. The van der Waals surface area contributed by atoms with Gasteiger partial charge in [-0.15, -0.1) is 11.3 Å². The number of carbonyl (C=O) groups excluding carboxylic acids is 1. The third kappa shape index (κ3) is 4.04. The Balaban J connectivity index is 1.70. The Labute approximate surface area is 150 Å². The van der Waals surface area contributed by atoms with Crippen molar-refractivity contribution in [2.45, 2.75) is 31.5 Å². The molecule has 0 bridgehead atoms. The Morgan fingerprint density at radius 3 is 2.69 bits per heavy atom. The number of aromatic nitrogens is 1. The SMILES string of the molecule is O=C(N[C@@H]1CC[C@H](C(=O)O)C1)c1csc(-c2cccc(C(F)(F)F)c2)n1. The number of benzene rings is 1. The number of alkyl halides is 3. The number of hydrogen-bond acceptors (Lipinski definition) is 4. The molecule has 3 rings (SSSR count). The quantitative estimate of drug-likeness (QED) is 0.840. The average molecular weight is 384 g/mol. The number of nitrogens with one attached hydrogen (secondary N) is 1. The molecule has 1 aliphatic rings. The number of halogens is 3. The molecule has 1 saturated carbocycles. The summed E-state index contributed by atoms with van der Waals surface area (Å²) in [7, 11) is 0. The van der Waals surface area contributed by atoms with Crippen LogP contribution in [0.3, 0.4) is 0 Å². The van der Waals surface area contributed by atoms with E-state index in [2.05, 4.69) is 10.3 Å². The van der Waals surface area contributed by atoms with Gasteiger partial charge in [0.2, 0.25) is 0 Å². The Bertz CT molecular complexity index is 835. The van der Waals surface area contributed by atoms with E-state index >= 15 is 0 Å². The van der Waals surface area contributed by atoms with Gasteiger partial charge < -0.3 is 10.4 Å². The molecule has 1 aliphatic carbocycles. The number of hydrogen-bond donors (Lipinski definition) is 2. The molecule has 2 N–H and O–H groups in total. The number of rotatable bonds is 4. The van der Waals surface area contributed by atoms with E-state index in [4.69, 9.17) is 5.11 Å². The minimum Gasteiger partial charge on any atom is -0.481 e. The van der Waals surface area contributed by atoms with E-state index in [0.717, 1.165) is 23.5 Å². The summed E-state index contributed by atoms with van der Waals surface area (Å²) >= 11 is 1.08. The number of thiazole rings is 1. The maximum Gasteiger partial charge on any atom is 0.416 e. The van der Waals surface area contributed by atoms with E-state index in [-0.39, 0.29) is 17.3 Å². The summed E-state index contributed by atoms with van der Waals surface area (Å²) in [5.41, 5.74) is -0.376. The molecule has 5 nitrogen and oxygen atoms in total. The minimum absolute atomic E-state index is 0.112. The van der Waals surface area contributed by atoms with Crippen molar-refractivity contribution in [3.05, 3.63) is 40.9 Å². The molecule has 2 aromatic rings. The van der Waals surface area contributed by atoms with E-state index in [0.29, 0.717) is 24.3 Å². The number of nitrogens with zero attached hydrogens (tertiary/aromatic N) is 1. The molecule has 1 aromatic carbocycles. The molecule has 1 amide bonds. The molecular formula is C17H15F3N2O3S. The molecule has 0 spiro atoms. The van der Waals surface area contributed by atoms with Crippen LogP contribution in [0.1, 0.15) is 35.3 Å². The number of amides is 1. The van der Waals surface area contributed by atoms with Gasteiger partial charge in [-0.3, -0.25) is 9.59 Å². The van der Waals surface area contributed by atoms with Gasteiger partial charge in [0.15, 0.2) is 0 Å². The van der Waals surface area contributed by atoms with Crippen LogP contribution < -0.4 is 5.32 Å². The molecular weight excluding hydrogens is 369 g/mol. The molecule has 9 heteroatoms. The van der Waals surface area contributed by atoms with Crippen molar-refractivity contribution in [3.63, 3.8) is 0 Å². The van der Waals surface area contributed by atoms with E-state index in [1.54, 1.807) is 0 Å². The van der Waals surface area contributed by atoms with E-state index in [1.807, 2.05) is 0 Å². The fourth-order valence-corrected chi connectivity index (χ4v) is 3.73. The lowest BCUT2D eigenvalue weighted by atomic mass is 10.1. The number of carbonyl (C=O) groups is 2. The molecule has 1 fully saturated rings. The summed E-state index contributed by atoms with van der Waals surface area (Å²) in [6.07, 6.45) is -3.00. The molecule has 0 radical (unpaired) electrons.